The molecule has 3 aromatic rings. The van der Waals surface area contributed by atoms with Crippen molar-refractivity contribution in [2.24, 2.45) is 0 Å². The molecule has 2 heterocycles. The molecule has 3 rings (SSSR count). The van der Waals surface area contributed by atoms with Gasteiger partial charge < -0.3 is 0 Å². The first kappa shape index (κ1) is 13.4. The third kappa shape index (κ3) is 2.79. The minimum absolute atomic E-state index is 0.338. The number of hydrogen-bond donors (Lipinski definition) is 0. The van der Waals surface area contributed by atoms with Crippen molar-refractivity contribution in [1.82, 2.24) is 14.8 Å². The van der Waals surface area contributed by atoms with Gasteiger partial charge in [-0.15, -0.1) is 0 Å². The Hall–Kier alpha value is -2.63. The molecule has 0 aliphatic heterocycles. The molecule has 0 N–H and O–H groups in total. The van der Waals surface area contributed by atoms with Gasteiger partial charge in [-0.05, 0) is 17.7 Å². The van der Waals surface area contributed by atoms with Crippen LogP contribution in [0.4, 0.5) is 13.2 Å². The molecule has 0 atom stereocenters. The Morgan fingerprint density at radius 3 is 2.24 bits per heavy atom. The van der Waals surface area contributed by atoms with E-state index in [0.717, 1.165) is 23.4 Å². The van der Waals surface area contributed by atoms with E-state index in [2.05, 4.69) is 10.1 Å². The van der Waals surface area contributed by atoms with Crippen LogP contribution >= 0.6 is 0 Å². The highest BCUT2D eigenvalue weighted by Crippen LogP contribution is 2.28. The number of benzene rings is 1. The molecule has 106 valence electrons. The Labute approximate surface area is 118 Å². The van der Waals surface area contributed by atoms with E-state index >= 15 is 0 Å². The van der Waals surface area contributed by atoms with Crippen LogP contribution in [0.15, 0.2) is 61.1 Å². The Balaban J connectivity index is 1.90. The van der Waals surface area contributed by atoms with E-state index in [1.54, 1.807) is 12.4 Å². The number of alkyl halides is 3. The van der Waals surface area contributed by atoms with Gasteiger partial charge in [0.15, 0.2) is 5.82 Å². The van der Waals surface area contributed by atoms with Crippen LogP contribution in [-0.2, 0) is 6.18 Å². The van der Waals surface area contributed by atoms with Gasteiger partial charge in [0.05, 0.1) is 11.8 Å². The van der Waals surface area contributed by atoms with Gasteiger partial charge in [0.2, 0.25) is 0 Å². The van der Waals surface area contributed by atoms with Gasteiger partial charge in [-0.3, -0.25) is 0 Å². The zero-order chi connectivity index (χ0) is 14.9. The fraction of sp³-hybridized carbons (Fsp3) is 0.0667. The summed E-state index contributed by atoms with van der Waals surface area (Å²) in [6.07, 6.45) is -0.205. The lowest BCUT2D eigenvalue weighted by molar-refractivity contribution is -0.137. The fourth-order valence-electron chi connectivity index (χ4n) is 1.92. The third-order valence-corrected chi connectivity index (χ3v) is 3.00. The van der Waals surface area contributed by atoms with E-state index in [1.807, 2.05) is 30.3 Å². The summed E-state index contributed by atoms with van der Waals surface area (Å²) in [5.74, 6) is 0.338. The molecule has 0 amide bonds. The van der Waals surface area contributed by atoms with Crippen molar-refractivity contribution in [3.63, 3.8) is 0 Å². The molecule has 1 aromatic carbocycles. The predicted octanol–water partition coefficient (Wildman–Crippen LogP) is 3.95. The maximum Gasteiger partial charge on any atom is 0.417 e. The molecule has 0 aliphatic carbocycles. The van der Waals surface area contributed by atoms with Gasteiger partial charge in [0.25, 0.3) is 0 Å². The van der Waals surface area contributed by atoms with E-state index in [0.29, 0.717) is 5.82 Å². The number of halogens is 3. The van der Waals surface area contributed by atoms with E-state index in [4.69, 9.17) is 0 Å². The van der Waals surface area contributed by atoms with Gasteiger partial charge in [-0.1, -0.05) is 30.3 Å². The van der Waals surface area contributed by atoms with Crippen LogP contribution in [-0.4, -0.2) is 14.8 Å². The Morgan fingerprint density at radius 1 is 0.857 bits per heavy atom. The molecule has 0 spiro atoms. The topological polar surface area (TPSA) is 30.7 Å². The number of rotatable bonds is 2. The highest BCUT2D eigenvalue weighted by Gasteiger charge is 2.30. The highest BCUT2D eigenvalue weighted by molar-refractivity contribution is 5.61. The lowest BCUT2D eigenvalue weighted by atomic mass is 10.1. The Bertz CT molecular complexity index is 731. The average molecular weight is 289 g/mol. The maximum absolute atomic E-state index is 12.5. The molecular formula is C15H10F3N3. The molecule has 0 saturated carbocycles. The molecule has 0 unspecified atom stereocenters. The number of pyridine rings is 1. The van der Waals surface area contributed by atoms with E-state index in [-0.39, 0.29) is 0 Å². The summed E-state index contributed by atoms with van der Waals surface area (Å²) in [5.41, 5.74) is 1.08. The lowest BCUT2D eigenvalue weighted by Gasteiger charge is -2.06. The van der Waals surface area contributed by atoms with Crippen LogP contribution in [0.1, 0.15) is 5.56 Å². The van der Waals surface area contributed by atoms with Gasteiger partial charge >= 0.3 is 6.18 Å². The fourth-order valence-corrected chi connectivity index (χ4v) is 1.92. The second kappa shape index (κ2) is 5.05. The van der Waals surface area contributed by atoms with E-state index in [1.165, 1.54) is 10.7 Å². The van der Waals surface area contributed by atoms with Gasteiger partial charge in [0, 0.05) is 18.0 Å². The summed E-state index contributed by atoms with van der Waals surface area (Å²) >= 11 is 0. The Morgan fingerprint density at radius 2 is 1.62 bits per heavy atom. The van der Waals surface area contributed by atoms with Crippen LogP contribution in [0, 0.1) is 0 Å². The summed E-state index contributed by atoms with van der Waals surface area (Å²) in [5, 5.41) is 4.13. The first-order valence-corrected chi connectivity index (χ1v) is 6.18. The summed E-state index contributed by atoms with van der Waals surface area (Å²) in [7, 11) is 0. The van der Waals surface area contributed by atoms with Crippen molar-refractivity contribution >= 4 is 0 Å². The van der Waals surface area contributed by atoms with Crippen LogP contribution in [0.2, 0.25) is 0 Å². The largest absolute Gasteiger partial charge is 0.417 e. The lowest BCUT2D eigenvalue weighted by Crippen LogP contribution is -2.06. The zero-order valence-electron chi connectivity index (χ0n) is 10.7. The summed E-state index contributed by atoms with van der Waals surface area (Å²) in [6, 6.07) is 11.9. The first-order chi connectivity index (χ1) is 10.0. The van der Waals surface area contributed by atoms with Crippen LogP contribution in [0.25, 0.3) is 16.9 Å². The SMILES string of the molecule is FC(F)(F)c1ccc(-n2cc(-c3ccccc3)cn2)nc1. The summed E-state index contributed by atoms with van der Waals surface area (Å²) in [4.78, 5) is 3.80. The predicted molar refractivity (Wildman–Crippen MR) is 71.8 cm³/mol. The minimum atomic E-state index is -4.38. The second-order valence-corrected chi connectivity index (χ2v) is 4.44. The molecule has 0 aliphatic rings. The highest BCUT2D eigenvalue weighted by atomic mass is 19.4. The van der Waals surface area contributed by atoms with Crippen LogP contribution in [0.5, 0.6) is 0 Å². The van der Waals surface area contributed by atoms with Gasteiger partial charge in [0.1, 0.15) is 0 Å². The van der Waals surface area contributed by atoms with Crippen molar-refractivity contribution in [3.05, 3.63) is 66.6 Å². The molecule has 0 saturated heterocycles. The number of aromatic nitrogens is 3. The summed E-state index contributed by atoms with van der Waals surface area (Å²) in [6.45, 7) is 0. The van der Waals surface area contributed by atoms with Crippen molar-refractivity contribution in [2.45, 2.75) is 6.18 Å². The van der Waals surface area contributed by atoms with Crippen LogP contribution < -0.4 is 0 Å². The first-order valence-electron chi connectivity index (χ1n) is 6.18. The van der Waals surface area contributed by atoms with Crippen molar-refractivity contribution in [2.75, 3.05) is 0 Å². The summed E-state index contributed by atoms with van der Waals surface area (Å²) < 4.78 is 38.9. The monoisotopic (exact) mass is 289 g/mol. The van der Waals surface area contributed by atoms with Crippen LogP contribution in [0.3, 0.4) is 0 Å². The molecule has 3 nitrogen and oxygen atoms in total. The third-order valence-electron chi connectivity index (χ3n) is 3.00. The van der Waals surface area contributed by atoms with Crippen molar-refractivity contribution < 1.29 is 13.2 Å². The van der Waals surface area contributed by atoms with Crippen molar-refractivity contribution in [3.8, 4) is 16.9 Å². The zero-order valence-corrected chi connectivity index (χ0v) is 10.7. The molecule has 21 heavy (non-hydrogen) atoms. The van der Waals surface area contributed by atoms with E-state index in [9.17, 15) is 13.2 Å². The Kier molecular flexibility index (Phi) is 3.21. The molecule has 0 radical (unpaired) electrons. The van der Waals surface area contributed by atoms with Gasteiger partial charge in [-0.25, -0.2) is 9.67 Å². The minimum Gasteiger partial charge on any atom is -0.237 e. The number of nitrogens with zero attached hydrogens (tertiary/aromatic N) is 3. The molecule has 2 aromatic heterocycles. The maximum atomic E-state index is 12.5. The molecule has 6 heteroatoms. The average Bonchev–Trinajstić information content (AvgIpc) is 2.97. The van der Waals surface area contributed by atoms with Crippen molar-refractivity contribution in [1.29, 1.82) is 0 Å². The molecule has 0 bridgehead atoms. The van der Waals surface area contributed by atoms with E-state index < -0.39 is 11.7 Å². The normalized spacial score (nSPS) is 11.6. The number of hydrogen-bond acceptors (Lipinski definition) is 2. The van der Waals surface area contributed by atoms with Gasteiger partial charge in [-0.2, -0.15) is 18.3 Å². The second-order valence-electron chi connectivity index (χ2n) is 4.44. The standard InChI is InChI=1S/C15H10F3N3/c16-15(17,18)13-6-7-14(19-9-13)21-10-12(8-20-21)11-4-2-1-3-5-11/h1-10H. The molecule has 0 fully saturated rings. The molecular weight excluding hydrogens is 279 g/mol. The quantitative estimate of drug-likeness (QED) is 0.715. The smallest absolute Gasteiger partial charge is 0.237 e.